The van der Waals surface area contributed by atoms with Crippen LogP contribution in [0.15, 0.2) is 18.6 Å². The number of anilines is 1. The molecule has 0 amide bonds. The fourth-order valence-corrected chi connectivity index (χ4v) is 1.70. The van der Waals surface area contributed by atoms with Crippen molar-refractivity contribution in [2.24, 2.45) is 0 Å². The van der Waals surface area contributed by atoms with Gasteiger partial charge in [-0.05, 0) is 6.42 Å². The van der Waals surface area contributed by atoms with E-state index in [4.69, 9.17) is 0 Å². The van der Waals surface area contributed by atoms with Crippen LogP contribution in [0, 0.1) is 0 Å². The van der Waals surface area contributed by atoms with Gasteiger partial charge in [0.15, 0.2) is 0 Å². The predicted molar refractivity (Wildman–Crippen MR) is 59.8 cm³/mol. The van der Waals surface area contributed by atoms with Gasteiger partial charge in [0, 0.05) is 36.4 Å². The average molecular weight is 223 g/mol. The highest BCUT2D eigenvalue weighted by atomic mass is 32.1. The van der Waals surface area contributed by atoms with Gasteiger partial charge in [0.1, 0.15) is 5.00 Å². The van der Waals surface area contributed by atoms with Crippen LogP contribution in [0.3, 0.4) is 0 Å². The standard InChI is InChI=1S/C9H13N5S/c1-2-3-14-7-8(5-12-14)4-10-9-6-11-13-15-9/h5-7,10H,2-4H2,1H3. The van der Waals surface area contributed by atoms with Crippen molar-refractivity contribution in [3.8, 4) is 0 Å². The normalized spacial score (nSPS) is 10.5. The summed E-state index contributed by atoms with van der Waals surface area (Å²) in [7, 11) is 0. The molecule has 0 aliphatic heterocycles. The van der Waals surface area contributed by atoms with Crippen molar-refractivity contribution in [3.05, 3.63) is 24.2 Å². The monoisotopic (exact) mass is 223 g/mol. The van der Waals surface area contributed by atoms with Gasteiger partial charge in [-0.15, -0.1) is 5.10 Å². The first kappa shape index (κ1) is 10.1. The van der Waals surface area contributed by atoms with E-state index in [0.717, 1.165) is 24.5 Å². The quantitative estimate of drug-likeness (QED) is 0.839. The lowest BCUT2D eigenvalue weighted by molar-refractivity contribution is 0.602. The number of nitrogens with one attached hydrogen (secondary N) is 1. The Morgan fingerprint density at radius 2 is 2.40 bits per heavy atom. The van der Waals surface area contributed by atoms with Crippen molar-refractivity contribution in [2.45, 2.75) is 26.4 Å². The summed E-state index contributed by atoms with van der Waals surface area (Å²) in [5.41, 5.74) is 1.18. The number of hydrogen-bond acceptors (Lipinski definition) is 5. The summed E-state index contributed by atoms with van der Waals surface area (Å²) in [4.78, 5) is 0. The first-order valence-corrected chi connectivity index (χ1v) is 5.68. The molecule has 5 nitrogen and oxygen atoms in total. The number of hydrogen-bond donors (Lipinski definition) is 1. The van der Waals surface area contributed by atoms with Gasteiger partial charge in [-0.3, -0.25) is 4.68 Å². The summed E-state index contributed by atoms with van der Waals surface area (Å²) in [6, 6.07) is 0. The minimum absolute atomic E-state index is 0.771. The molecule has 0 spiro atoms. The van der Waals surface area contributed by atoms with Crippen LogP contribution in [0.5, 0.6) is 0 Å². The smallest absolute Gasteiger partial charge is 0.130 e. The van der Waals surface area contributed by atoms with E-state index in [9.17, 15) is 0 Å². The van der Waals surface area contributed by atoms with Gasteiger partial charge in [-0.2, -0.15) is 5.10 Å². The van der Waals surface area contributed by atoms with Crippen LogP contribution in [0.2, 0.25) is 0 Å². The SMILES string of the molecule is CCCn1cc(CNc2cnns2)cn1. The van der Waals surface area contributed by atoms with Crippen LogP contribution in [0.25, 0.3) is 0 Å². The lowest BCUT2D eigenvalue weighted by Gasteiger charge is -1.98. The Hall–Kier alpha value is -1.43. The Balaban J connectivity index is 1.88. The Bertz CT molecular complexity index is 394. The van der Waals surface area contributed by atoms with E-state index in [1.54, 1.807) is 6.20 Å². The molecule has 0 unspecified atom stereocenters. The van der Waals surface area contributed by atoms with Crippen molar-refractivity contribution in [1.29, 1.82) is 0 Å². The van der Waals surface area contributed by atoms with Gasteiger partial charge in [0.2, 0.25) is 0 Å². The second-order valence-electron chi connectivity index (χ2n) is 3.25. The first-order chi connectivity index (χ1) is 7.38. The van der Waals surface area contributed by atoms with Crippen LogP contribution < -0.4 is 5.32 Å². The molecule has 0 saturated carbocycles. The minimum atomic E-state index is 0.771. The maximum Gasteiger partial charge on any atom is 0.130 e. The fraction of sp³-hybridized carbons (Fsp3) is 0.444. The van der Waals surface area contributed by atoms with Gasteiger partial charge >= 0.3 is 0 Å². The molecule has 80 valence electrons. The molecule has 0 radical (unpaired) electrons. The van der Waals surface area contributed by atoms with Gasteiger partial charge < -0.3 is 5.32 Å². The van der Waals surface area contributed by atoms with E-state index in [1.807, 2.05) is 10.9 Å². The molecule has 0 aliphatic rings. The van der Waals surface area contributed by atoms with E-state index in [1.165, 1.54) is 17.1 Å². The molecular formula is C9H13N5S. The number of rotatable bonds is 5. The molecule has 0 atom stereocenters. The second-order valence-corrected chi connectivity index (χ2v) is 4.03. The molecule has 0 aliphatic carbocycles. The van der Waals surface area contributed by atoms with Crippen LogP contribution in [0.1, 0.15) is 18.9 Å². The highest BCUT2D eigenvalue weighted by Crippen LogP contribution is 2.10. The maximum atomic E-state index is 4.25. The molecular weight excluding hydrogens is 210 g/mol. The molecule has 2 aromatic heterocycles. The van der Waals surface area contributed by atoms with Crippen LogP contribution >= 0.6 is 11.5 Å². The average Bonchev–Trinajstić information content (AvgIpc) is 2.85. The third-order valence-corrected chi connectivity index (χ3v) is 2.59. The molecule has 2 aromatic rings. The Morgan fingerprint density at radius 1 is 1.47 bits per heavy atom. The molecule has 2 heterocycles. The summed E-state index contributed by atoms with van der Waals surface area (Å²) in [5, 5.41) is 12.2. The van der Waals surface area contributed by atoms with Gasteiger partial charge in [0.25, 0.3) is 0 Å². The zero-order chi connectivity index (χ0) is 10.5. The Kier molecular flexibility index (Phi) is 3.29. The maximum absolute atomic E-state index is 4.25. The Labute approximate surface area is 92.3 Å². The van der Waals surface area contributed by atoms with Crippen LogP contribution in [-0.4, -0.2) is 19.4 Å². The highest BCUT2D eigenvalue weighted by Gasteiger charge is 1.99. The van der Waals surface area contributed by atoms with Crippen molar-refractivity contribution in [3.63, 3.8) is 0 Å². The van der Waals surface area contributed by atoms with E-state index in [-0.39, 0.29) is 0 Å². The van der Waals surface area contributed by atoms with Crippen LogP contribution in [0.4, 0.5) is 5.00 Å². The van der Waals surface area contributed by atoms with Crippen molar-refractivity contribution < 1.29 is 0 Å². The summed E-state index contributed by atoms with van der Waals surface area (Å²) in [6.07, 6.45) is 6.77. The van der Waals surface area contributed by atoms with Crippen molar-refractivity contribution in [1.82, 2.24) is 19.4 Å². The van der Waals surface area contributed by atoms with Crippen molar-refractivity contribution >= 4 is 16.5 Å². The van der Waals surface area contributed by atoms with E-state index in [0.29, 0.717) is 0 Å². The third kappa shape index (κ3) is 2.76. The largest absolute Gasteiger partial charge is 0.370 e. The number of aromatic nitrogens is 4. The Morgan fingerprint density at radius 3 is 3.13 bits per heavy atom. The molecule has 15 heavy (non-hydrogen) atoms. The van der Waals surface area contributed by atoms with Crippen molar-refractivity contribution in [2.75, 3.05) is 5.32 Å². The van der Waals surface area contributed by atoms with E-state index < -0.39 is 0 Å². The number of aryl methyl sites for hydroxylation is 1. The summed E-state index contributed by atoms with van der Waals surface area (Å²) in [5.74, 6) is 0. The molecule has 2 rings (SSSR count). The molecule has 0 saturated heterocycles. The lowest BCUT2D eigenvalue weighted by Crippen LogP contribution is -1.97. The van der Waals surface area contributed by atoms with Gasteiger partial charge in [-0.1, -0.05) is 11.4 Å². The molecule has 0 aromatic carbocycles. The second kappa shape index (κ2) is 4.88. The van der Waals surface area contributed by atoms with Crippen LogP contribution in [-0.2, 0) is 13.1 Å². The van der Waals surface area contributed by atoms with E-state index >= 15 is 0 Å². The number of nitrogens with zero attached hydrogens (tertiary/aromatic N) is 4. The molecule has 6 heteroatoms. The zero-order valence-corrected chi connectivity index (χ0v) is 9.37. The topological polar surface area (TPSA) is 55.6 Å². The molecule has 0 bridgehead atoms. The van der Waals surface area contributed by atoms with Gasteiger partial charge in [-0.25, -0.2) is 0 Å². The third-order valence-electron chi connectivity index (χ3n) is 1.97. The first-order valence-electron chi connectivity index (χ1n) is 4.91. The summed E-state index contributed by atoms with van der Waals surface area (Å²) >= 11 is 1.36. The zero-order valence-electron chi connectivity index (χ0n) is 8.55. The van der Waals surface area contributed by atoms with Gasteiger partial charge in [0.05, 0.1) is 12.4 Å². The summed E-state index contributed by atoms with van der Waals surface area (Å²) in [6.45, 7) is 3.89. The summed E-state index contributed by atoms with van der Waals surface area (Å²) < 4.78 is 5.74. The molecule has 0 fully saturated rings. The predicted octanol–water partition coefficient (Wildman–Crippen LogP) is 1.76. The highest BCUT2D eigenvalue weighted by molar-refractivity contribution is 7.09. The van der Waals surface area contributed by atoms with E-state index in [2.05, 4.69) is 33.1 Å². The fourth-order valence-electron chi connectivity index (χ4n) is 1.28. The lowest BCUT2D eigenvalue weighted by atomic mass is 10.3. The molecule has 1 N–H and O–H groups in total. The minimum Gasteiger partial charge on any atom is -0.370 e.